The highest BCUT2D eigenvalue weighted by atomic mass is 19.1. The van der Waals surface area contributed by atoms with Crippen LogP contribution in [0.25, 0.3) is 10.9 Å². The molecule has 1 amide bonds. The topological polar surface area (TPSA) is 36.1 Å². The van der Waals surface area contributed by atoms with E-state index in [9.17, 15) is 9.18 Å². The summed E-state index contributed by atoms with van der Waals surface area (Å²) in [4.78, 5) is 18.3. The van der Waals surface area contributed by atoms with Crippen molar-refractivity contribution in [1.82, 2.24) is 9.88 Å². The number of hydrogen-bond donors (Lipinski definition) is 1. The third-order valence-corrected chi connectivity index (χ3v) is 5.54. The number of carbonyl (C=O) groups is 1. The number of hydrogen-bond acceptors (Lipinski definition) is 1. The summed E-state index contributed by atoms with van der Waals surface area (Å²) >= 11 is 0. The van der Waals surface area contributed by atoms with E-state index in [1.807, 2.05) is 24.0 Å². The van der Waals surface area contributed by atoms with Gasteiger partial charge in [0, 0.05) is 29.9 Å². The number of benzene rings is 2. The summed E-state index contributed by atoms with van der Waals surface area (Å²) in [5, 5.41) is 1.11. The average molecular weight is 350 g/mol. The first kappa shape index (κ1) is 16.8. The zero-order valence-corrected chi connectivity index (χ0v) is 15.4. The molecule has 1 aliphatic rings. The lowest BCUT2D eigenvalue weighted by molar-refractivity contribution is 0.0785. The van der Waals surface area contributed by atoms with Gasteiger partial charge in [0.15, 0.2) is 0 Å². The van der Waals surface area contributed by atoms with Gasteiger partial charge in [0.1, 0.15) is 11.5 Å². The molecule has 3 nitrogen and oxygen atoms in total. The lowest BCUT2D eigenvalue weighted by Crippen LogP contribution is -2.29. The standard InChI is InChI=1S/C22H23FN2O/c1-13-10-14(2)20-18(11-13)15(3)21(24-20)22(26)25-9-8-16(12-25)17-6-4-5-7-19(17)23/h4-7,10-11,16,24H,8-9,12H2,1-3H3/t16-/m0/s1. The number of H-pyrrole nitrogens is 1. The van der Waals surface area contributed by atoms with Crippen LogP contribution in [0.1, 0.15) is 45.1 Å². The number of aromatic amines is 1. The quantitative estimate of drug-likeness (QED) is 0.704. The molecule has 2 aromatic carbocycles. The maximum atomic E-state index is 14.1. The van der Waals surface area contributed by atoms with Crippen LogP contribution in [0.4, 0.5) is 4.39 Å². The molecule has 1 N–H and O–H groups in total. The third-order valence-electron chi connectivity index (χ3n) is 5.54. The van der Waals surface area contributed by atoms with Crippen molar-refractivity contribution >= 4 is 16.8 Å². The number of amides is 1. The summed E-state index contributed by atoms with van der Waals surface area (Å²) in [7, 11) is 0. The summed E-state index contributed by atoms with van der Waals surface area (Å²) in [5.41, 5.74) is 5.72. The molecule has 4 heteroatoms. The predicted molar refractivity (Wildman–Crippen MR) is 102 cm³/mol. The van der Waals surface area contributed by atoms with Gasteiger partial charge in [-0.2, -0.15) is 0 Å². The van der Waals surface area contributed by atoms with Gasteiger partial charge in [-0.3, -0.25) is 4.79 Å². The van der Waals surface area contributed by atoms with Crippen LogP contribution in [0.2, 0.25) is 0 Å². The van der Waals surface area contributed by atoms with Gasteiger partial charge < -0.3 is 9.88 Å². The van der Waals surface area contributed by atoms with E-state index < -0.39 is 0 Å². The second-order valence-corrected chi connectivity index (χ2v) is 7.39. The van der Waals surface area contributed by atoms with Crippen molar-refractivity contribution in [3.63, 3.8) is 0 Å². The van der Waals surface area contributed by atoms with E-state index in [0.29, 0.717) is 24.3 Å². The molecule has 0 bridgehead atoms. The SMILES string of the molecule is Cc1cc(C)c2[nH]c(C(=O)N3CC[C@H](c4ccccc4F)C3)c(C)c2c1. The molecule has 0 saturated carbocycles. The highest BCUT2D eigenvalue weighted by Gasteiger charge is 2.31. The molecule has 1 aromatic heterocycles. The Morgan fingerprint density at radius 3 is 2.73 bits per heavy atom. The van der Waals surface area contributed by atoms with Crippen LogP contribution in [0, 0.1) is 26.6 Å². The van der Waals surface area contributed by atoms with E-state index in [2.05, 4.69) is 31.0 Å². The first-order valence-electron chi connectivity index (χ1n) is 9.09. The van der Waals surface area contributed by atoms with Crippen molar-refractivity contribution in [3.8, 4) is 0 Å². The Hall–Kier alpha value is -2.62. The third kappa shape index (κ3) is 2.70. The van der Waals surface area contributed by atoms with E-state index in [1.54, 1.807) is 6.07 Å². The minimum atomic E-state index is -0.181. The van der Waals surface area contributed by atoms with Gasteiger partial charge in [-0.15, -0.1) is 0 Å². The van der Waals surface area contributed by atoms with Crippen LogP contribution in [0.5, 0.6) is 0 Å². The smallest absolute Gasteiger partial charge is 0.270 e. The highest BCUT2D eigenvalue weighted by molar-refractivity contribution is 6.01. The fourth-order valence-corrected chi connectivity index (χ4v) is 4.16. The first-order chi connectivity index (χ1) is 12.5. The van der Waals surface area contributed by atoms with Crippen molar-refractivity contribution in [3.05, 3.63) is 70.2 Å². The van der Waals surface area contributed by atoms with E-state index in [1.165, 1.54) is 11.6 Å². The average Bonchev–Trinajstić information content (AvgIpc) is 3.21. The minimum Gasteiger partial charge on any atom is -0.350 e. The van der Waals surface area contributed by atoms with Crippen LogP contribution >= 0.6 is 0 Å². The number of fused-ring (bicyclic) bond motifs is 1. The van der Waals surface area contributed by atoms with Crippen molar-refractivity contribution in [1.29, 1.82) is 0 Å². The lowest BCUT2D eigenvalue weighted by atomic mass is 9.98. The summed E-state index contributed by atoms with van der Waals surface area (Å²) in [6, 6.07) is 11.1. The Kier molecular flexibility index (Phi) is 4.06. The first-order valence-corrected chi connectivity index (χ1v) is 9.09. The van der Waals surface area contributed by atoms with E-state index in [0.717, 1.165) is 28.5 Å². The number of halogens is 1. The number of likely N-dealkylation sites (tertiary alicyclic amines) is 1. The largest absolute Gasteiger partial charge is 0.350 e. The Morgan fingerprint density at radius 2 is 1.96 bits per heavy atom. The predicted octanol–water partition coefficient (Wildman–Crippen LogP) is 4.86. The fourth-order valence-electron chi connectivity index (χ4n) is 4.16. The fraction of sp³-hybridized carbons (Fsp3) is 0.318. The molecule has 4 rings (SSSR count). The maximum absolute atomic E-state index is 14.1. The molecular weight excluding hydrogens is 327 g/mol. The molecular formula is C22H23FN2O. The van der Waals surface area contributed by atoms with Crippen LogP contribution < -0.4 is 0 Å². The molecule has 134 valence electrons. The van der Waals surface area contributed by atoms with Gasteiger partial charge in [0.2, 0.25) is 0 Å². The van der Waals surface area contributed by atoms with Crippen molar-refractivity contribution in [2.45, 2.75) is 33.1 Å². The van der Waals surface area contributed by atoms with Crippen LogP contribution in [0.15, 0.2) is 36.4 Å². The number of aryl methyl sites for hydroxylation is 3. The van der Waals surface area contributed by atoms with Crippen LogP contribution in [0.3, 0.4) is 0 Å². The molecule has 0 radical (unpaired) electrons. The van der Waals surface area contributed by atoms with E-state index in [4.69, 9.17) is 0 Å². The van der Waals surface area contributed by atoms with Gasteiger partial charge in [0.05, 0.1) is 0 Å². The highest BCUT2D eigenvalue weighted by Crippen LogP contribution is 2.32. The Bertz CT molecular complexity index is 1000. The maximum Gasteiger partial charge on any atom is 0.270 e. The van der Waals surface area contributed by atoms with Gasteiger partial charge in [-0.25, -0.2) is 4.39 Å². The van der Waals surface area contributed by atoms with Crippen molar-refractivity contribution < 1.29 is 9.18 Å². The second-order valence-electron chi connectivity index (χ2n) is 7.39. The molecule has 3 aromatic rings. The molecule has 0 spiro atoms. The number of nitrogens with one attached hydrogen (secondary N) is 1. The zero-order chi connectivity index (χ0) is 18.4. The van der Waals surface area contributed by atoms with Crippen molar-refractivity contribution in [2.24, 2.45) is 0 Å². The normalized spacial score (nSPS) is 17.2. The van der Waals surface area contributed by atoms with Gasteiger partial charge in [-0.1, -0.05) is 29.8 Å². The molecule has 0 aliphatic carbocycles. The van der Waals surface area contributed by atoms with Gasteiger partial charge >= 0.3 is 0 Å². The Labute approximate surface area is 152 Å². The van der Waals surface area contributed by atoms with Gasteiger partial charge in [-0.05, 0) is 56.0 Å². The summed E-state index contributed by atoms with van der Waals surface area (Å²) in [6.07, 6.45) is 0.796. The molecule has 1 aliphatic heterocycles. The summed E-state index contributed by atoms with van der Waals surface area (Å²) in [6.45, 7) is 7.34. The zero-order valence-electron chi connectivity index (χ0n) is 15.4. The van der Waals surface area contributed by atoms with Gasteiger partial charge in [0.25, 0.3) is 5.91 Å². The van der Waals surface area contributed by atoms with E-state index in [-0.39, 0.29) is 17.6 Å². The number of nitrogens with zero attached hydrogens (tertiary/aromatic N) is 1. The minimum absolute atomic E-state index is 0.00888. The Morgan fingerprint density at radius 1 is 1.19 bits per heavy atom. The Balaban J connectivity index is 1.63. The number of aromatic nitrogens is 1. The molecule has 1 atom stereocenters. The molecule has 0 unspecified atom stereocenters. The summed E-state index contributed by atoms with van der Waals surface area (Å²) in [5.74, 6) is -0.108. The number of carbonyl (C=O) groups excluding carboxylic acids is 1. The monoisotopic (exact) mass is 350 g/mol. The number of rotatable bonds is 2. The van der Waals surface area contributed by atoms with Crippen LogP contribution in [-0.4, -0.2) is 28.9 Å². The molecule has 26 heavy (non-hydrogen) atoms. The van der Waals surface area contributed by atoms with E-state index >= 15 is 0 Å². The van der Waals surface area contributed by atoms with Crippen molar-refractivity contribution in [2.75, 3.05) is 13.1 Å². The molecule has 1 saturated heterocycles. The second kappa shape index (κ2) is 6.27. The molecule has 2 heterocycles. The van der Waals surface area contributed by atoms with Crippen LogP contribution in [-0.2, 0) is 0 Å². The lowest BCUT2D eigenvalue weighted by Gasteiger charge is -2.17. The molecule has 1 fully saturated rings. The summed E-state index contributed by atoms with van der Waals surface area (Å²) < 4.78 is 14.1.